The lowest BCUT2D eigenvalue weighted by Gasteiger charge is -2.49. The van der Waals surface area contributed by atoms with Crippen molar-refractivity contribution in [2.45, 2.75) is 37.6 Å². The minimum absolute atomic E-state index is 0.197. The number of nitrogens with zero attached hydrogens (tertiary/aromatic N) is 2. The third kappa shape index (κ3) is 2.69. The van der Waals surface area contributed by atoms with Crippen molar-refractivity contribution >= 4 is 5.91 Å². The Morgan fingerprint density at radius 2 is 2.00 bits per heavy atom. The topological polar surface area (TPSA) is 35.6 Å². The average Bonchev–Trinajstić information content (AvgIpc) is 2.33. The fourth-order valence-electron chi connectivity index (χ4n) is 3.23. The summed E-state index contributed by atoms with van der Waals surface area (Å²) in [6, 6.07) is 0. The Bertz CT molecular complexity index is 293. The number of rotatable bonds is 4. The first kappa shape index (κ1) is 13.8. The number of hydrogen-bond acceptors (Lipinski definition) is 3. The van der Waals surface area contributed by atoms with Crippen LogP contribution in [0.1, 0.15) is 32.1 Å². The van der Waals surface area contributed by atoms with Crippen LogP contribution in [0, 0.1) is 5.92 Å². The van der Waals surface area contributed by atoms with Gasteiger partial charge in [0.15, 0.2) is 0 Å². The van der Waals surface area contributed by atoms with Gasteiger partial charge >= 0.3 is 0 Å². The van der Waals surface area contributed by atoms with Crippen LogP contribution in [-0.4, -0.2) is 62.0 Å². The first-order valence-electron chi connectivity index (χ1n) is 7.18. The lowest BCUT2D eigenvalue weighted by molar-refractivity contribution is -0.137. The summed E-state index contributed by atoms with van der Waals surface area (Å²) < 4.78 is 0. The van der Waals surface area contributed by atoms with Crippen LogP contribution < -0.4 is 5.32 Å². The average molecular weight is 253 g/mol. The maximum absolute atomic E-state index is 12.4. The molecule has 1 aliphatic carbocycles. The highest BCUT2D eigenvalue weighted by Gasteiger charge is 2.41. The van der Waals surface area contributed by atoms with Gasteiger partial charge in [0, 0.05) is 25.7 Å². The lowest BCUT2D eigenvalue weighted by atomic mass is 9.75. The Labute approximate surface area is 111 Å². The van der Waals surface area contributed by atoms with Crippen LogP contribution in [0.4, 0.5) is 0 Å². The molecule has 4 heteroatoms. The number of amides is 1. The lowest BCUT2D eigenvalue weighted by Crippen LogP contribution is -2.58. The molecular weight excluding hydrogens is 226 g/mol. The van der Waals surface area contributed by atoms with Crippen LogP contribution in [0.3, 0.4) is 0 Å². The molecule has 0 spiro atoms. The van der Waals surface area contributed by atoms with E-state index in [1.165, 1.54) is 19.3 Å². The number of carbonyl (C=O) groups is 1. The fourth-order valence-corrected chi connectivity index (χ4v) is 3.23. The van der Waals surface area contributed by atoms with Gasteiger partial charge in [-0.3, -0.25) is 4.79 Å². The summed E-state index contributed by atoms with van der Waals surface area (Å²) in [6.45, 7) is 2.81. The number of carbonyl (C=O) groups excluding carboxylic acids is 1. The standard InChI is InChI=1S/C14H27N3O/c1-16(2)14(7-5-8-14)11-17(3)13(18)12-6-4-9-15-10-12/h12,15H,4-11H2,1-3H3/t12-/m1/s1. The van der Waals surface area contributed by atoms with Gasteiger partial charge in [0.25, 0.3) is 0 Å². The molecule has 2 aliphatic rings. The van der Waals surface area contributed by atoms with Crippen molar-refractivity contribution in [2.75, 3.05) is 40.8 Å². The van der Waals surface area contributed by atoms with Crippen LogP contribution in [0.25, 0.3) is 0 Å². The molecule has 2 fully saturated rings. The van der Waals surface area contributed by atoms with E-state index in [1.807, 2.05) is 11.9 Å². The van der Waals surface area contributed by atoms with Gasteiger partial charge in [-0.25, -0.2) is 0 Å². The van der Waals surface area contributed by atoms with Gasteiger partial charge in [-0.2, -0.15) is 0 Å². The maximum Gasteiger partial charge on any atom is 0.226 e. The number of piperidine rings is 1. The quantitative estimate of drug-likeness (QED) is 0.809. The Morgan fingerprint density at radius 1 is 1.28 bits per heavy atom. The molecule has 1 aliphatic heterocycles. The van der Waals surface area contributed by atoms with E-state index in [4.69, 9.17) is 0 Å². The summed E-state index contributed by atoms with van der Waals surface area (Å²) in [5.41, 5.74) is 0.243. The minimum atomic E-state index is 0.197. The number of hydrogen-bond donors (Lipinski definition) is 1. The van der Waals surface area contributed by atoms with Gasteiger partial charge in [-0.15, -0.1) is 0 Å². The zero-order valence-electron chi connectivity index (χ0n) is 12.0. The molecule has 0 aromatic heterocycles. The summed E-state index contributed by atoms with van der Waals surface area (Å²) >= 11 is 0. The molecule has 0 aromatic carbocycles. The van der Waals surface area contributed by atoms with Gasteiger partial charge in [0.05, 0.1) is 5.92 Å². The molecule has 1 heterocycles. The predicted molar refractivity (Wildman–Crippen MR) is 73.5 cm³/mol. The second-order valence-electron chi connectivity index (χ2n) is 6.21. The van der Waals surface area contributed by atoms with Crippen molar-refractivity contribution in [1.82, 2.24) is 15.1 Å². The van der Waals surface area contributed by atoms with Crippen molar-refractivity contribution in [3.8, 4) is 0 Å². The molecule has 0 radical (unpaired) electrons. The van der Waals surface area contributed by atoms with E-state index in [0.717, 1.165) is 32.5 Å². The van der Waals surface area contributed by atoms with Gasteiger partial charge in [-0.05, 0) is 52.7 Å². The molecule has 0 aromatic rings. The molecular formula is C14H27N3O. The molecule has 1 saturated carbocycles. The highest BCUT2D eigenvalue weighted by molar-refractivity contribution is 5.79. The molecule has 4 nitrogen and oxygen atoms in total. The first-order chi connectivity index (χ1) is 8.55. The third-order valence-corrected chi connectivity index (χ3v) is 4.79. The summed E-state index contributed by atoms with van der Waals surface area (Å²) in [5.74, 6) is 0.526. The molecule has 18 heavy (non-hydrogen) atoms. The Hall–Kier alpha value is -0.610. The van der Waals surface area contributed by atoms with Gasteiger partial charge in [0.2, 0.25) is 5.91 Å². The van der Waals surface area contributed by atoms with Crippen molar-refractivity contribution in [1.29, 1.82) is 0 Å². The van der Waals surface area contributed by atoms with Crippen LogP contribution in [0.5, 0.6) is 0 Å². The smallest absolute Gasteiger partial charge is 0.226 e. The van der Waals surface area contributed by atoms with E-state index >= 15 is 0 Å². The van der Waals surface area contributed by atoms with E-state index in [9.17, 15) is 4.79 Å². The van der Waals surface area contributed by atoms with E-state index < -0.39 is 0 Å². The monoisotopic (exact) mass is 253 g/mol. The largest absolute Gasteiger partial charge is 0.344 e. The Morgan fingerprint density at radius 3 is 2.44 bits per heavy atom. The van der Waals surface area contributed by atoms with E-state index in [0.29, 0.717) is 5.91 Å². The highest BCUT2D eigenvalue weighted by atomic mass is 16.2. The molecule has 1 N–H and O–H groups in total. The zero-order chi connectivity index (χ0) is 13.2. The van der Waals surface area contributed by atoms with Gasteiger partial charge in [0.1, 0.15) is 0 Å². The summed E-state index contributed by atoms with van der Waals surface area (Å²) in [5, 5.41) is 3.33. The predicted octanol–water partition coefficient (Wildman–Crippen LogP) is 0.929. The van der Waals surface area contributed by atoms with Gasteiger partial charge < -0.3 is 15.1 Å². The minimum Gasteiger partial charge on any atom is -0.344 e. The highest BCUT2D eigenvalue weighted by Crippen LogP contribution is 2.36. The molecule has 2 rings (SSSR count). The molecule has 104 valence electrons. The van der Waals surface area contributed by atoms with Crippen molar-refractivity contribution in [3.05, 3.63) is 0 Å². The summed E-state index contributed by atoms with van der Waals surface area (Å²) in [4.78, 5) is 16.7. The second-order valence-corrected chi connectivity index (χ2v) is 6.21. The maximum atomic E-state index is 12.4. The number of nitrogens with one attached hydrogen (secondary N) is 1. The zero-order valence-corrected chi connectivity index (χ0v) is 12.0. The van der Waals surface area contributed by atoms with Gasteiger partial charge in [-0.1, -0.05) is 0 Å². The van der Waals surface area contributed by atoms with E-state index in [1.54, 1.807) is 0 Å². The third-order valence-electron chi connectivity index (χ3n) is 4.79. The van der Waals surface area contributed by atoms with Crippen molar-refractivity contribution in [2.24, 2.45) is 5.92 Å². The molecule has 0 bridgehead atoms. The molecule has 1 amide bonds. The normalized spacial score (nSPS) is 26.8. The molecule has 0 unspecified atom stereocenters. The SMILES string of the molecule is CN(CC1(N(C)C)CCC1)C(=O)[C@@H]1CCCNC1. The fraction of sp³-hybridized carbons (Fsp3) is 0.929. The van der Waals surface area contributed by atoms with Crippen LogP contribution in [-0.2, 0) is 4.79 Å². The van der Waals surface area contributed by atoms with E-state index in [2.05, 4.69) is 24.3 Å². The summed E-state index contributed by atoms with van der Waals surface area (Å²) in [7, 11) is 6.25. The molecule has 1 saturated heterocycles. The first-order valence-corrected chi connectivity index (χ1v) is 7.18. The van der Waals surface area contributed by atoms with Crippen LogP contribution >= 0.6 is 0 Å². The van der Waals surface area contributed by atoms with Crippen molar-refractivity contribution in [3.63, 3.8) is 0 Å². The van der Waals surface area contributed by atoms with E-state index in [-0.39, 0.29) is 11.5 Å². The second kappa shape index (κ2) is 5.57. The van der Waals surface area contributed by atoms with Crippen LogP contribution in [0.2, 0.25) is 0 Å². The Balaban J connectivity index is 1.90. The van der Waals surface area contributed by atoms with Crippen molar-refractivity contribution < 1.29 is 4.79 Å². The summed E-state index contributed by atoms with van der Waals surface area (Å²) in [6.07, 6.45) is 5.92. The molecule has 1 atom stereocenters. The number of likely N-dealkylation sites (N-methyl/N-ethyl adjacent to an activating group) is 2. The van der Waals surface area contributed by atoms with Crippen LogP contribution in [0.15, 0.2) is 0 Å². The Kier molecular flexibility index (Phi) is 4.28.